The van der Waals surface area contributed by atoms with Crippen LogP contribution in [0.25, 0.3) is 0 Å². The van der Waals surface area contributed by atoms with E-state index in [2.05, 4.69) is 20.8 Å². The van der Waals surface area contributed by atoms with Gasteiger partial charge in [-0.3, -0.25) is 4.79 Å². The van der Waals surface area contributed by atoms with Gasteiger partial charge < -0.3 is 15.1 Å². The number of aryl methyl sites for hydroxylation is 1. The molecule has 0 atom stereocenters. The Balaban J connectivity index is 1.93. The lowest BCUT2D eigenvalue weighted by atomic mass is 10.3. The highest BCUT2D eigenvalue weighted by atomic mass is 16.3. The average Bonchev–Trinajstić information content (AvgIpc) is 2.83. The van der Waals surface area contributed by atoms with Gasteiger partial charge in [0.25, 0.3) is 5.91 Å². The monoisotopic (exact) mass is 260 g/mol. The van der Waals surface area contributed by atoms with Crippen LogP contribution in [-0.4, -0.2) is 22.6 Å². The minimum Gasteiger partial charge on any atom is -0.465 e. The van der Waals surface area contributed by atoms with Crippen LogP contribution >= 0.6 is 0 Å². The van der Waals surface area contributed by atoms with Gasteiger partial charge in [0.2, 0.25) is 0 Å². The molecule has 0 aliphatic heterocycles. The van der Waals surface area contributed by atoms with Gasteiger partial charge in [0.15, 0.2) is 5.69 Å². The molecule has 2 aromatic rings. The number of nitrogens with zero attached hydrogens (tertiary/aromatic N) is 2. The second-order valence-electron chi connectivity index (χ2n) is 4.03. The Bertz CT molecular complexity index is 548. The number of rotatable bonds is 5. The summed E-state index contributed by atoms with van der Waals surface area (Å²) in [7, 11) is 0. The van der Waals surface area contributed by atoms with E-state index in [0.717, 1.165) is 11.5 Å². The van der Waals surface area contributed by atoms with Crippen molar-refractivity contribution in [3.05, 3.63) is 41.5 Å². The summed E-state index contributed by atoms with van der Waals surface area (Å²) in [5, 5.41) is 13.5. The third kappa shape index (κ3) is 3.54. The van der Waals surface area contributed by atoms with E-state index in [1.807, 2.05) is 26.0 Å². The number of hydrogen-bond acceptors (Lipinski definition) is 5. The normalized spacial score (nSPS) is 10.2. The summed E-state index contributed by atoms with van der Waals surface area (Å²) in [4.78, 5) is 11.5. The Morgan fingerprint density at radius 3 is 2.68 bits per heavy atom. The molecule has 0 saturated carbocycles. The lowest BCUT2D eigenvalue weighted by Gasteiger charge is -2.04. The molecule has 0 saturated heterocycles. The topological polar surface area (TPSA) is 80.0 Å². The lowest BCUT2D eigenvalue weighted by Crippen LogP contribution is -2.24. The number of carbonyl (C=O) groups is 1. The number of nitrogens with one attached hydrogen (secondary N) is 2. The first-order chi connectivity index (χ1) is 9.19. The van der Waals surface area contributed by atoms with Crippen molar-refractivity contribution in [2.24, 2.45) is 0 Å². The third-order valence-electron chi connectivity index (χ3n) is 2.47. The Labute approximate surface area is 111 Å². The largest absolute Gasteiger partial charge is 0.465 e. The molecule has 0 bridgehead atoms. The summed E-state index contributed by atoms with van der Waals surface area (Å²) in [6.45, 7) is 4.85. The quantitative estimate of drug-likeness (QED) is 0.856. The predicted molar refractivity (Wildman–Crippen MR) is 70.8 cm³/mol. The van der Waals surface area contributed by atoms with Gasteiger partial charge >= 0.3 is 0 Å². The fourth-order valence-corrected chi connectivity index (χ4v) is 1.56. The van der Waals surface area contributed by atoms with E-state index in [0.29, 0.717) is 24.6 Å². The van der Waals surface area contributed by atoms with Crippen LogP contribution in [0.4, 0.5) is 5.82 Å². The summed E-state index contributed by atoms with van der Waals surface area (Å²) in [6.07, 6.45) is 0. The van der Waals surface area contributed by atoms with E-state index in [4.69, 9.17) is 4.42 Å². The predicted octanol–water partition coefficient (Wildman–Crippen LogP) is 1.74. The van der Waals surface area contributed by atoms with Crippen molar-refractivity contribution in [3.63, 3.8) is 0 Å². The van der Waals surface area contributed by atoms with Crippen LogP contribution in [0, 0.1) is 6.92 Å². The summed E-state index contributed by atoms with van der Waals surface area (Å²) in [5.41, 5.74) is 0.307. The van der Waals surface area contributed by atoms with E-state index in [1.54, 1.807) is 12.1 Å². The van der Waals surface area contributed by atoms with Crippen molar-refractivity contribution in [1.82, 2.24) is 15.5 Å². The first-order valence-corrected chi connectivity index (χ1v) is 6.10. The molecule has 0 radical (unpaired) electrons. The van der Waals surface area contributed by atoms with Gasteiger partial charge in [0.05, 0.1) is 6.54 Å². The maximum absolute atomic E-state index is 11.5. The number of furan rings is 1. The summed E-state index contributed by atoms with van der Waals surface area (Å²) >= 11 is 0. The van der Waals surface area contributed by atoms with E-state index in [1.165, 1.54) is 0 Å². The molecule has 2 rings (SSSR count). The van der Waals surface area contributed by atoms with Crippen molar-refractivity contribution in [3.8, 4) is 0 Å². The van der Waals surface area contributed by atoms with Crippen molar-refractivity contribution in [2.75, 3.05) is 11.9 Å². The van der Waals surface area contributed by atoms with Crippen LogP contribution in [0.3, 0.4) is 0 Å². The second-order valence-corrected chi connectivity index (χ2v) is 4.03. The zero-order valence-corrected chi connectivity index (χ0v) is 10.9. The van der Waals surface area contributed by atoms with Crippen molar-refractivity contribution >= 4 is 11.7 Å². The molecular formula is C13H16N4O2. The van der Waals surface area contributed by atoms with Crippen LogP contribution in [-0.2, 0) is 6.54 Å². The highest BCUT2D eigenvalue weighted by molar-refractivity contribution is 5.92. The zero-order chi connectivity index (χ0) is 13.7. The molecule has 1 amide bonds. The first-order valence-electron chi connectivity index (χ1n) is 6.10. The molecule has 2 N–H and O–H groups in total. The molecule has 6 nitrogen and oxygen atoms in total. The third-order valence-corrected chi connectivity index (χ3v) is 2.47. The maximum Gasteiger partial charge on any atom is 0.271 e. The fraction of sp³-hybridized carbons (Fsp3) is 0.308. The maximum atomic E-state index is 11.5. The van der Waals surface area contributed by atoms with Crippen LogP contribution in [0.5, 0.6) is 0 Å². The zero-order valence-electron chi connectivity index (χ0n) is 10.9. The fourth-order valence-electron chi connectivity index (χ4n) is 1.56. The molecule has 6 heteroatoms. The highest BCUT2D eigenvalue weighted by Gasteiger charge is 2.06. The average molecular weight is 260 g/mol. The number of hydrogen-bond donors (Lipinski definition) is 2. The summed E-state index contributed by atoms with van der Waals surface area (Å²) in [6, 6.07) is 7.15. The molecular weight excluding hydrogens is 244 g/mol. The van der Waals surface area contributed by atoms with E-state index < -0.39 is 0 Å². The van der Waals surface area contributed by atoms with E-state index >= 15 is 0 Å². The summed E-state index contributed by atoms with van der Waals surface area (Å²) < 4.78 is 5.42. The molecule has 2 aromatic heterocycles. The Morgan fingerprint density at radius 2 is 2.11 bits per heavy atom. The molecule has 2 heterocycles. The molecule has 0 aromatic carbocycles. The molecule has 0 unspecified atom stereocenters. The van der Waals surface area contributed by atoms with E-state index in [-0.39, 0.29) is 5.91 Å². The van der Waals surface area contributed by atoms with Crippen LogP contribution < -0.4 is 10.6 Å². The number of anilines is 1. The van der Waals surface area contributed by atoms with Gasteiger partial charge in [0.1, 0.15) is 17.3 Å². The number of aromatic nitrogens is 2. The van der Waals surface area contributed by atoms with Crippen molar-refractivity contribution in [1.29, 1.82) is 0 Å². The Morgan fingerprint density at radius 1 is 1.26 bits per heavy atom. The molecule has 0 spiro atoms. The summed E-state index contributed by atoms with van der Waals surface area (Å²) in [5.74, 6) is 2.08. The van der Waals surface area contributed by atoms with Crippen LogP contribution in [0.1, 0.15) is 28.9 Å². The number of amides is 1. The van der Waals surface area contributed by atoms with E-state index in [9.17, 15) is 4.79 Å². The number of carbonyl (C=O) groups excluding carboxylic acids is 1. The minimum absolute atomic E-state index is 0.219. The smallest absolute Gasteiger partial charge is 0.271 e. The van der Waals surface area contributed by atoms with Gasteiger partial charge in [-0.2, -0.15) is 0 Å². The highest BCUT2D eigenvalue weighted by Crippen LogP contribution is 2.09. The molecule has 100 valence electrons. The molecule has 0 aliphatic carbocycles. The molecule has 19 heavy (non-hydrogen) atoms. The van der Waals surface area contributed by atoms with Crippen molar-refractivity contribution in [2.45, 2.75) is 20.4 Å². The molecule has 0 fully saturated rings. The first kappa shape index (κ1) is 13.1. The van der Waals surface area contributed by atoms with Gasteiger partial charge in [-0.05, 0) is 38.1 Å². The lowest BCUT2D eigenvalue weighted by molar-refractivity contribution is 0.0950. The Kier molecular flexibility index (Phi) is 4.12. The standard InChI is InChI=1S/C13H16N4O2/c1-3-14-13(18)11-6-7-12(17-16-11)15-8-10-5-4-9(2)19-10/h4-7H,3,8H2,1-2H3,(H,14,18)(H,15,17). The molecule has 0 aliphatic rings. The van der Waals surface area contributed by atoms with Crippen LogP contribution in [0.15, 0.2) is 28.7 Å². The second kappa shape index (κ2) is 5.99. The van der Waals surface area contributed by atoms with Gasteiger partial charge in [-0.15, -0.1) is 10.2 Å². The van der Waals surface area contributed by atoms with Crippen LogP contribution in [0.2, 0.25) is 0 Å². The van der Waals surface area contributed by atoms with Gasteiger partial charge in [-0.25, -0.2) is 0 Å². The minimum atomic E-state index is -0.219. The SMILES string of the molecule is CCNC(=O)c1ccc(NCc2ccc(C)o2)nn1. The van der Waals surface area contributed by atoms with Gasteiger partial charge in [0, 0.05) is 6.54 Å². The van der Waals surface area contributed by atoms with Gasteiger partial charge in [-0.1, -0.05) is 0 Å². The Hall–Kier alpha value is -2.37. The van der Waals surface area contributed by atoms with Crippen molar-refractivity contribution < 1.29 is 9.21 Å².